The second-order valence-electron chi connectivity index (χ2n) is 18.6. The number of carbonyl (C=O) groups excluding carboxylic acids is 9. The minimum absolute atomic E-state index is 0.0333. The van der Waals surface area contributed by atoms with E-state index in [0.29, 0.717) is 29.7 Å². The summed E-state index contributed by atoms with van der Waals surface area (Å²) in [4.78, 5) is 141. The van der Waals surface area contributed by atoms with Crippen LogP contribution in [0.2, 0.25) is 0 Å². The van der Waals surface area contributed by atoms with E-state index in [4.69, 9.17) is 17.2 Å². The molecule has 3 heterocycles. The number of benzene rings is 2. The van der Waals surface area contributed by atoms with Crippen LogP contribution in [0.1, 0.15) is 88.5 Å². The molecule has 1 aliphatic rings. The number of aliphatic imine (C=N–C) groups is 1. The number of para-hydroxylation sites is 1. The van der Waals surface area contributed by atoms with Gasteiger partial charge in [-0.1, -0.05) is 68.3 Å². The van der Waals surface area contributed by atoms with Crippen molar-refractivity contribution in [2.45, 2.75) is 133 Å². The fourth-order valence-corrected chi connectivity index (χ4v) is 8.69. The number of fused-ring (bicyclic) bond motifs is 1. The van der Waals surface area contributed by atoms with Crippen LogP contribution >= 0.6 is 0 Å². The first kappa shape index (κ1) is 57.6. The molecule has 0 aliphatic carbocycles. The molecule has 9 amide bonds. The number of rotatable bonds is 17. The molecule has 15 N–H and O–H groups in total. The Balaban J connectivity index is 1.57. The van der Waals surface area contributed by atoms with Gasteiger partial charge in [-0.3, -0.25) is 48.1 Å². The number of imidazole rings is 1. The van der Waals surface area contributed by atoms with E-state index in [0.717, 1.165) is 10.9 Å². The van der Waals surface area contributed by atoms with Gasteiger partial charge in [-0.05, 0) is 55.7 Å². The van der Waals surface area contributed by atoms with Gasteiger partial charge in [0.2, 0.25) is 53.2 Å². The maximum atomic E-state index is 15.0. The molecule has 4 aromatic rings. The van der Waals surface area contributed by atoms with Crippen LogP contribution in [0, 0.1) is 0 Å². The lowest BCUT2D eigenvalue weighted by Gasteiger charge is -2.32. The molecule has 2 aromatic carbocycles. The van der Waals surface area contributed by atoms with Crippen molar-refractivity contribution in [3.05, 3.63) is 90.1 Å². The van der Waals surface area contributed by atoms with E-state index in [1.807, 2.05) is 31.2 Å². The standard InChI is InChI=1S/C51H71N15O9/c1-4-5-17-37(60-30(2)67)45(70)65-41-26-43(68)56-21-12-11-19-36(44(52)69)61-49(74)42(24-32-27-58-35-18-10-9-16-34(32)35)66(3)50(75)38(20-13-22-57-51(53)54)62-46(71)39(23-31-14-7-6-8-15-31)63-47(72)40(64-48(41)73)25-33-28-55-29-59-33/h6-10,14-16,18,27-29,36-42,58H,4-5,11-13,17,19-26H2,1-3H3,(H2,52,69)(H,55,59)(H,56,68)(H,60,67)(H,61,74)(H,62,71)(H,63,72)(H,64,73)(H,65,70)(H4,53,54,57)/t36-,37-,38-,39+,40-,41-,42-/m0/s1. The van der Waals surface area contributed by atoms with Crippen LogP contribution < -0.4 is 54.4 Å². The number of aromatic amines is 2. The highest BCUT2D eigenvalue weighted by Crippen LogP contribution is 2.22. The zero-order chi connectivity index (χ0) is 54.4. The Kier molecular flexibility index (Phi) is 22.1. The normalized spacial score (nSPS) is 21.3. The first-order chi connectivity index (χ1) is 35.9. The monoisotopic (exact) mass is 1040 g/mol. The Morgan fingerprint density at radius 2 is 1.51 bits per heavy atom. The first-order valence-corrected chi connectivity index (χ1v) is 25.2. The number of nitrogens with two attached hydrogens (primary N) is 3. The third-order valence-corrected chi connectivity index (χ3v) is 12.8. The van der Waals surface area contributed by atoms with E-state index in [9.17, 15) is 43.2 Å². The summed E-state index contributed by atoms with van der Waals surface area (Å²) in [5.74, 6) is -6.94. The van der Waals surface area contributed by atoms with Crippen LogP contribution in [-0.4, -0.2) is 141 Å². The second kappa shape index (κ2) is 28.8. The van der Waals surface area contributed by atoms with Crippen molar-refractivity contribution in [3.8, 4) is 0 Å². The van der Waals surface area contributed by atoms with Crippen molar-refractivity contribution < 1.29 is 43.2 Å². The minimum atomic E-state index is -1.58. The van der Waals surface area contributed by atoms with E-state index < -0.39 is 102 Å². The van der Waals surface area contributed by atoms with Crippen LogP contribution in [-0.2, 0) is 62.4 Å². The highest BCUT2D eigenvalue weighted by molar-refractivity contribution is 5.99. The number of hydrogen-bond acceptors (Lipinski definition) is 11. The number of H-pyrrole nitrogens is 2. The summed E-state index contributed by atoms with van der Waals surface area (Å²) in [6.07, 6.45) is 5.80. The molecule has 0 radical (unpaired) electrons. The fraction of sp³-hybridized carbons (Fsp3) is 0.471. The molecular formula is C51H71N15O9. The molecule has 7 atom stereocenters. The summed E-state index contributed by atoms with van der Waals surface area (Å²) in [6, 6.07) is 6.81. The molecule has 0 bridgehead atoms. The van der Waals surface area contributed by atoms with E-state index in [-0.39, 0.29) is 76.8 Å². The van der Waals surface area contributed by atoms with Gasteiger partial charge in [0.15, 0.2) is 5.96 Å². The number of hydrogen-bond donors (Lipinski definition) is 12. The number of amides is 9. The number of nitrogens with zero attached hydrogens (tertiary/aromatic N) is 3. The van der Waals surface area contributed by atoms with E-state index in [1.54, 1.807) is 36.5 Å². The van der Waals surface area contributed by atoms with Gasteiger partial charge in [0, 0.05) is 75.3 Å². The SMILES string of the molecule is CCCC[C@H](NC(C)=O)C(=O)N[C@H]1CC(=O)NCCCC[C@@H](C(N)=O)NC(=O)[C@H](Cc2c[nH]c3ccccc23)N(C)C(=O)[C@H](CCCN=C(N)N)NC(=O)[C@@H](Cc2ccccc2)NC(=O)[C@H](Cc2cnc[nH]2)NC1=O. The zero-order valence-electron chi connectivity index (χ0n) is 42.6. The van der Waals surface area contributed by atoms with Crippen LogP contribution in [0.4, 0.5) is 0 Å². The number of likely N-dealkylation sites (N-methyl/N-ethyl adjacent to an activating group) is 1. The van der Waals surface area contributed by atoms with Gasteiger partial charge >= 0.3 is 0 Å². The van der Waals surface area contributed by atoms with Gasteiger partial charge in [-0.25, -0.2) is 4.98 Å². The maximum Gasteiger partial charge on any atom is 0.245 e. The molecular weight excluding hydrogens is 967 g/mol. The summed E-state index contributed by atoms with van der Waals surface area (Å²) in [5.41, 5.74) is 19.5. The topological polar surface area (TPSA) is 376 Å². The van der Waals surface area contributed by atoms with Crippen molar-refractivity contribution in [2.75, 3.05) is 20.1 Å². The van der Waals surface area contributed by atoms with Gasteiger partial charge in [0.1, 0.15) is 42.3 Å². The first-order valence-electron chi connectivity index (χ1n) is 25.2. The van der Waals surface area contributed by atoms with E-state index in [1.165, 1.54) is 31.4 Å². The summed E-state index contributed by atoms with van der Waals surface area (Å²) in [5, 5.41) is 19.7. The zero-order valence-corrected chi connectivity index (χ0v) is 42.6. The van der Waals surface area contributed by atoms with Crippen LogP contribution in [0.15, 0.2) is 78.3 Å². The molecule has 0 spiro atoms. The molecule has 1 fully saturated rings. The van der Waals surface area contributed by atoms with Crippen molar-refractivity contribution in [2.24, 2.45) is 22.2 Å². The van der Waals surface area contributed by atoms with Gasteiger partial charge in [-0.2, -0.15) is 0 Å². The second-order valence-corrected chi connectivity index (χ2v) is 18.6. The molecule has 5 rings (SSSR count). The number of guanidine groups is 1. The molecule has 1 saturated heterocycles. The Labute approximate surface area is 434 Å². The highest BCUT2D eigenvalue weighted by Gasteiger charge is 2.37. The molecule has 75 heavy (non-hydrogen) atoms. The van der Waals surface area contributed by atoms with Crippen LogP contribution in [0.25, 0.3) is 10.9 Å². The van der Waals surface area contributed by atoms with Gasteiger partial charge < -0.3 is 69.3 Å². The third kappa shape index (κ3) is 18.0. The number of carbonyl (C=O) groups is 9. The Morgan fingerprint density at radius 1 is 0.813 bits per heavy atom. The molecule has 24 nitrogen and oxygen atoms in total. The van der Waals surface area contributed by atoms with E-state index >= 15 is 0 Å². The Hall–Kier alpha value is -8.31. The average Bonchev–Trinajstić information content (AvgIpc) is 4.06. The molecule has 404 valence electrons. The Bertz CT molecular complexity index is 2620. The van der Waals surface area contributed by atoms with Crippen molar-refractivity contribution in [3.63, 3.8) is 0 Å². The van der Waals surface area contributed by atoms with Crippen molar-refractivity contribution in [1.82, 2.24) is 57.1 Å². The summed E-state index contributed by atoms with van der Waals surface area (Å²) in [6.45, 7) is 3.26. The van der Waals surface area contributed by atoms with Crippen molar-refractivity contribution in [1.29, 1.82) is 0 Å². The number of primary amides is 1. The number of aromatic nitrogens is 3. The summed E-state index contributed by atoms with van der Waals surface area (Å²) in [7, 11) is 1.41. The van der Waals surface area contributed by atoms with Gasteiger partial charge in [-0.15, -0.1) is 0 Å². The number of nitrogens with one attached hydrogen (secondary N) is 9. The minimum Gasteiger partial charge on any atom is -0.370 e. The predicted octanol–water partition coefficient (Wildman–Crippen LogP) is -0.906. The van der Waals surface area contributed by atoms with Crippen LogP contribution in [0.5, 0.6) is 0 Å². The van der Waals surface area contributed by atoms with E-state index in [2.05, 4.69) is 57.2 Å². The third-order valence-electron chi connectivity index (χ3n) is 12.8. The largest absolute Gasteiger partial charge is 0.370 e. The molecule has 1 aliphatic heterocycles. The van der Waals surface area contributed by atoms with Gasteiger partial charge in [0.05, 0.1) is 12.7 Å². The summed E-state index contributed by atoms with van der Waals surface area (Å²) < 4.78 is 0. The molecule has 24 heteroatoms. The Morgan fingerprint density at radius 3 is 2.19 bits per heavy atom. The maximum absolute atomic E-state index is 15.0. The number of unbranched alkanes of at least 4 members (excludes halogenated alkanes) is 1. The molecule has 0 saturated carbocycles. The van der Waals surface area contributed by atoms with Crippen molar-refractivity contribution >= 4 is 70.0 Å². The van der Waals surface area contributed by atoms with Gasteiger partial charge in [0.25, 0.3) is 0 Å². The predicted molar refractivity (Wildman–Crippen MR) is 278 cm³/mol. The highest BCUT2D eigenvalue weighted by atomic mass is 16.2. The molecule has 0 unspecified atom stereocenters. The van der Waals surface area contributed by atoms with Crippen LogP contribution in [0.3, 0.4) is 0 Å². The lowest BCUT2D eigenvalue weighted by molar-refractivity contribution is -0.143. The fourth-order valence-electron chi connectivity index (χ4n) is 8.69. The average molecular weight is 1040 g/mol. The quantitative estimate of drug-likeness (QED) is 0.0348. The lowest BCUT2D eigenvalue weighted by Crippen LogP contribution is -2.61. The smallest absolute Gasteiger partial charge is 0.245 e. The molecule has 2 aromatic heterocycles. The summed E-state index contributed by atoms with van der Waals surface area (Å²) >= 11 is 0. The lowest BCUT2D eigenvalue weighted by atomic mass is 10.00.